The second-order valence-electron chi connectivity index (χ2n) is 5.38. The van der Waals surface area contributed by atoms with E-state index in [9.17, 15) is 4.79 Å². The summed E-state index contributed by atoms with van der Waals surface area (Å²) >= 11 is 6.07. The number of likely N-dealkylation sites (tertiary alicyclic amines) is 1. The molecule has 1 fully saturated rings. The van der Waals surface area contributed by atoms with Gasteiger partial charge in [-0.05, 0) is 25.0 Å². The minimum absolute atomic E-state index is 0.0257. The van der Waals surface area contributed by atoms with Gasteiger partial charge in [0.1, 0.15) is 23.4 Å². The van der Waals surface area contributed by atoms with Crippen molar-refractivity contribution in [1.82, 2.24) is 14.5 Å². The summed E-state index contributed by atoms with van der Waals surface area (Å²) in [4.78, 5) is 18.2. The van der Waals surface area contributed by atoms with E-state index < -0.39 is 0 Å². The lowest BCUT2D eigenvalue weighted by Crippen LogP contribution is -2.45. The average Bonchev–Trinajstić information content (AvgIpc) is 3.03. The Labute approximate surface area is 134 Å². The molecule has 1 amide bonds. The molecule has 116 valence electrons. The second kappa shape index (κ2) is 6.83. The highest BCUT2D eigenvalue weighted by molar-refractivity contribution is 6.31. The summed E-state index contributed by atoms with van der Waals surface area (Å²) in [6.07, 6.45) is 8.84. The van der Waals surface area contributed by atoms with E-state index in [1.165, 1.54) is 0 Å². The van der Waals surface area contributed by atoms with Crippen LogP contribution in [0.25, 0.3) is 0 Å². The van der Waals surface area contributed by atoms with Gasteiger partial charge in [-0.3, -0.25) is 9.78 Å². The molecule has 3 heterocycles. The van der Waals surface area contributed by atoms with Crippen molar-refractivity contribution in [3.8, 4) is 5.75 Å². The smallest absolute Gasteiger partial charge is 0.242 e. The number of ether oxygens (including phenoxy) is 1. The largest absolute Gasteiger partial charge is 0.487 e. The lowest BCUT2D eigenvalue weighted by Gasteiger charge is -2.33. The van der Waals surface area contributed by atoms with Gasteiger partial charge in [-0.1, -0.05) is 11.6 Å². The molecule has 1 unspecified atom stereocenters. The molecule has 0 N–H and O–H groups in total. The van der Waals surface area contributed by atoms with E-state index in [2.05, 4.69) is 4.98 Å². The monoisotopic (exact) mass is 319 g/mol. The predicted molar refractivity (Wildman–Crippen MR) is 83.9 cm³/mol. The Kier molecular flexibility index (Phi) is 4.63. The number of hydrogen-bond acceptors (Lipinski definition) is 3. The first-order valence-electron chi connectivity index (χ1n) is 7.37. The van der Waals surface area contributed by atoms with Crippen LogP contribution < -0.4 is 4.74 Å². The summed E-state index contributed by atoms with van der Waals surface area (Å²) in [6, 6.07) is 5.59. The van der Waals surface area contributed by atoms with Crippen molar-refractivity contribution in [2.75, 3.05) is 13.1 Å². The topological polar surface area (TPSA) is 47.4 Å². The van der Waals surface area contributed by atoms with Crippen LogP contribution in [0.5, 0.6) is 5.75 Å². The molecule has 1 aliphatic rings. The molecule has 0 aromatic carbocycles. The molecule has 3 rings (SSSR count). The summed E-state index contributed by atoms with van der Waals surface area (Å²) in [6.45, 7) is 1.75. The highest BCUT2D eigenvalue weighted by atomic mass is 35.5. The zero-order chi connectivity index (χ0) is 15.4. The fourth-order valence-corrected chi connectivity index (χ4v) is 2.79. The molecule has 0 spiro atoms. The van der Waals surface area contributed by atoms with Crippen molar-refractivity contribution < 1.29 is 9.53 Å². The molecule has 2 aromatic rings. The minimum atomic E-state index is -0.0257. The Hall–Kier alpha value is -2.01. The van der Waals surface area contributed by atoms with Crippen LogP contribution in [0.1, 0.15) is 12.8 Å². The second-order valence-corrected chi connectivity index (χ2v) is 5.79. The molecular weight excluding hydrogens is 302 g/mol. The van der Waals surface area contributed by atoms with Gasteiger partial charge in [0.05, 0.1) is 6.54 Å². The van der Waals surface area contributed by atoms with Gasteiger partial charge in [-0.25, -0.2) is 0 Å². The summed E-state index contributed by atoms with van der Waals surface area (Å²) in [5.41, 5.74) is 0. The van der Waals surface area contributed by atoms with Gasteiger partial charge in [0.25, 0.3) is 0 Å². The molecule has 0 aliphatic carbocycles. The van der Waals surface area contributed by atoms with Crippen LogP contribution in [-0.4, -0.2) is 39.6 Å². The van der Waals surface area contributed by atoms with Gasteiger partial charge in [-0.15, -0.1) is 0 Å². The zero-order valence-electron chi connectivity index (χ0n) is 12.2. The average molecular weight is 320 g/mol. The van der Waals surface area contributed by atoms with Crippen LogP contribution in [0, 0.1) is 0 Å². The molecular formula is C16H18ClN3O2. The maximum absolute atomic E-state index is 12.3. The molecule has 1 aliphatic heterocycles. The number of pyridine rings is 1. The number of hydrogen-bond donors (Lipinski definition) is 0. The van der Waals surface area contributed by atoms with Gasteiger partial charge in [0, 0.05) is 37.4 Å². The van der Waals surface area contributed by atoms with Crippen molar-refractivity contribution in [2.24, 2.45) is 0 Å². The van der Waals surface area contributed by atoms with E-state index in [0.29, 0.717) is 23.9 Å². The minimum Gasteiger partial charge on any atom is -0.487 e. The third-order valence-corrected chi connectivity index (χ3v) is 4.03. The van der Waals surface area contributed by atoms with Crippen molar-refractivity contribution in [2.45, 2.75) is 25.5 Å². The van der Waals surface area contributed by atoms with Crippen LogP contribution in [-0.2, 0) is 11.3 Å². The molecule has 0 saturated carbocycles. The van der Waals surface area contributed by atoms with Gasteiger partial charge < -0.3 is 14.2 Å². The maximum Gasteiger partial charge on any atom is 0.242 e. The normalized spacial score (nSPS) is 18.2. The molecule has 0 radical (unpaired) electrons. The standard InChI is InChI=1S/C16H18ClN3O2/c17-14-10-18-6-5-15(14)22-13-4-3-9-20(11-13)16(21)12-19-7-1-2-8-19/h1-2,5-8,10,13H,3-4,9,11-12H2. The number of rotatable bonds is 4. The third kappa shape index (κ3) is 3.60. The quantitative estimate of drug-likeness (QED) is 0.870. The Morgan fingerprint density at radius 3 is 3.00 bits per heavy atom. The number of aromatic nitrogens is 2. The van der Waals surface area contributed by atoms with Crippen molar-refractivity contribution in [3.05, 3.63) is 48.0 Å². The van der Waals surface area contributed by atoms with E-state index >= 15 is 0 Å². The highest BCUT2D eigenvalue weighted by Crippen LogP contribution is 2.25. The first-order chi connectivity index (χ1) is 10.7. The Morgan fingerprint density at radius 1 is 1.41 bits per heavy atom. The number of piperidine rings is 1. The van der Waals surface area contributed by atoms with E-state index in [0.717, 1.165) is 19.4 Å². The third-order valence-electron chi connectivity index (χ3n) is 3.74. The van der Waals surface area contributed by atoms with Gasteiger partial charge >= 0.3 is 0 Å². The molecule has 6 heteroatoms. The number of carbonyl (C=O) groups excluding carboxylic acids is 1. The number of amides is 1. The van der Waals surface area contributed by atoms with E-state index in [1.807, 2.05) is 34.0 Å². The van der Waals surface area contributed by atoms with Crippen LogP contribution in [0.15, 0.2) is 43.0 Å². The van der Waals surface area contributed by atoms with Gasteiger partial charge in [0.2, 0.25) is 5.91 Å². The summed E-state index contributed by atoms with van der Waals surface area (Å²) in [7, 11) is 0. The predicted octanol–water partition coefficient (Wildman–Crippen LogP) is 2.61. The van der Waals surface area contributed by atoms with Crippen molar-refractivity contribution in [1.29, 1.82) is 0 Å². The number of carbonyl (C=O) groups is 1. The van der Waals surface area contributed by atoms with Crippen LogP contribution in [0.2, 0.25) is 5.02 Å². The lowest BCUT2D eigenvalue weighted by atomic mass is 10.1. The van der Waals surface area contributed by atoms with Crippen LogP contribution in [0.3, 0.4) is 0 Å². The number of halogens is 1. The van der Waals surface area contributed by atoms with E-state index in [4.69, 9.17) is 16.3 Å². The molecule has 1 atom stereocenters. The van der Waals surface area contributed by atoms with Gasteiger partial charge in [-0.2, -0.15) is 0 Å². The van der Waals surface area contributed by atoms with Crippen molar-refractivity contribution >= 4 is 17.5 Å². The van der Waals surface area contributed by atoms with E-state index in [1.54, 1.807) is 18.5 Å². The van der Waals surface area contributed by atoms with Crippen molar-refractivity contribution in [3.63, 3.8) is 0 Å². The molecule has 22 heavy (non-hydrogen) atoms. The van der Waals surface area contributed by atoms with E-state index in [-0.39, 0.29) is 12.0 Å². The molecule has 2 aromatic heterocycles. The highest BCUT2D eigenvalue weighted by Gasteiger charge is 2.25. The fraction of sp³-hybridized carbons (Fsp3) is 0.375. The van der Waals surface area contributed by atoms with Crippen LogP contribution >= 0.6 is 11.6 Å². The summed E-state index contributed by atoms with van der Waals surface area (Å²) in [5, 5.41) is 0.498. The Balaban J connectivity index is 1.59. The maximum atomic E-state index is 12.3. The van der Waals surface area contributed by atoms with Crippen LogP contribution in [0.4, 0.5) is 0 Å². The zero-order valence-corrected chi connectivity index (χ0v) is 12.9. The first kappa shape index (κ1) is 14.9. The molecule has 1 saturated heterocycles. The molecule has 0 bridgehead atoms. The Bertz CT molecular complexity index is 630. The molecule has 5 nitrogen and oxygen atoms in total. The fourth-order valence-electron chi connectivity index (χ4n) is 2.63. The Morgan fingerprint density at radius 2 is 2.23 bits per heavy atom. The lowest BCUT2D eigenvalue weighted by molar-refractivity contribution is -0.134. The first-order valence-corrected chi connectivity index (χ1v) is 7.75. The SMILES string of the molecule is O=C(Cn1cccc1)N1CCCC(Oc2ccncc2Cl)C1. The summed E-state index contributed by atoms with van der Waals surface area (Å²) < 4.78 is 7.81. The number of nitrogens with zero attached hydrogens (tertiary/aromatic N) is 3. The van der Waals surface area contributed by atoms with Gasteiger partial charge in [0.15, 0.2) is 0 Å². The summed E-state index contributed by atoms with van der Waals surface area (Å²) in [5.74, 6) is 0.742.